The number of rotatable bonds is 2. The summed E-state index contributed by atoms with van der Waals surface area (Å²) < 4.78 is 0. The fourth-order valence-electron chi connectivity index (χ4n) is 1.83. The number of nitrogens with one attached hydrogen (secondary N) is 1. The molecule has 12 heavy (non-hydrogen) atoms. The van der Waals surface area contributed by atoms with Crippen molar-refractivity contribution >= 4 is 5.91 Å². The number of hydrogen-bond donors (Lipinski definition) is 1. The minimum Gasteiger partial charge on any atom is -0.326 e. The van der Waals surface area contributed by atoms with Gasteiger partial charge in [-0.3, -0.25) is 10.1 Å². The van der Waals surface area contributed by atoms with Crippen LogP contribution in [-0.4, -0.2) is 29.6 Å². The lowest BCUT2D eigenvalue weighted by Crippen LogP contribution is -2.37. The number of nitrogens with zero attached hydrogens (tertiary/aromatic N) is 1. The van der Waals surface area contributed by atoms with Crippen LogP contribution < -0.4 is 5.32 Å². The molecule has 0 aromatic rings. The van der Waals surface area contributed by atoms with Crippen molar-refractivity contribution in [3.8, 4) is 0 Å². The van der Waals surface area contributed by atoms with E-state index in [9.17, 15) is 4.79 Å². The van der Waals surface area contributed by atoms with E-state index >= 15 is 0 Å². The van der Waals surface area contributed by atoms with E-state index < -0.39 is 0 Å². The smallest absolute Gasteiger partial charge is 0.240 e. The summed E-state index contributed by atoms with van der Waals surface area (Å²) in [6.45, 7) is 4.84. The van der Waals surface area contributed by atoms with Crippen LogP contribution in [0, 0.1) is 5.92 Å². The third kappa shape index (κ3) is 1.22. The van der Waals surface area contributed by atoms with Crippen molar-refractivity contribution in [3.05, 3.63) is 0 Å². The SMILES string of the molecule is CC1NCN(C(C)C2CC2)C1=O. The van der Waals surface area contributed by atoms with Crippen molar-refractivity contribution in [1.29, 1.82) is 0 Å². The molecule has 1 saturated heterocycles. The maximum Gasteiger partial charge on any atom is 0.240 e. The molecule has 0 aromatic heterocycles. The van der Waals surface area contributed by atoms with Gasteiger partial charge < -0.3 is 4.90 Å². The Morgan fingerprint density at radius 3 is 2.67 bits per heavy atom. The molecular weight excluding hydrogens is 152 g/mol. The van der Waals surface area contributed by atoms with Gasteiger partial charge in [-0.2, -0.15) is 0 Å². The molecule has 3 nitrogen and oxygen atoms in total. The fraction of sp³-hybridized carbons (Fsp3) is 0.889. The molecule has 0 aromatic carbocycles. The highest BCUT2D eigenvalue weighted by atomic mass is 16.2. The Bertz CT molecular complexity index is 201. The molecule has 1 heterocycles. The van der Waals surface area contributed by atoms with Gasteiger partial charge in [0.25, 0.3) is 0 Å². The zero-order valence-corrected chi connectivity index (χ0v) is 7.71. The molecule has 0 spiro atoms. The van der Waals surface area contributed by atoms with Crippen LogP contribution in [0.3, 0.4) is 0 Å². The van der Waals surface area contributed by atoms with Crippen LogP contribution in [0.25, 0.3) is 0 Å². The van der Waals surface area contributed by atoms with Gasteiger partial charge in [0.2, 0.25) is 5.91 Å². The van der Waals surface area contributed by atoms with Gasteiger partial charge in [-0.1, -0.05) is 0 Å². The highest BCUT2D eigenvalue weighted by Gasteiger charge is 2.38. The predicted molar refractivity (Wildman–Crippen MR) is 46.5 cm³/mol. The number of carbonyl (C=O) groups excluding carboxylic acids is 1. The van der Waals surface area contributed by atoms with Gasteiger partial charge in [0.05, 0.1) is 12.7 Å². The fourth-order valence-corrected chi connectivity index (χ4v) is 1.83. The summed E-state index contributed by atoms with van der Waals surface area (Å²) in [5.74, 6) is 1.05. The largest absolute Gasteiger partial charge is 0.326 e. The molecule has 0 bridgehead atoms. The standard InChI is InChI=1S/C9H16N2O/c1-6-9(12)11(5-10-6)7(2)8-3-4-8/h6-8,10H,3-5H2,1-2H3. The lowest BCUT2D eigenvalue weighted by Gasteiger charge is -2.23. The first kappa shape index (κ1) is 8.05. The van der Waals surface area contributed by atoms with Gasteiger partial charge in [-0.15, -0.1) is 0 Å². The van der Waals surface area contributed by atoms with Gasteiger partial charge in [-0.25, -0.2) is 0 Å². The average molecular weight is 168 g/mol. The second-order valence-electron chi connectivity index (χ2n) is 3.97. The van der Waals surface area contributed by atoms with Crippen molar-refractivity contribution in [1.82, 2.24) is 10.2 Å². The van der Waals surface area contributed by atoms with Crippen molar-refractivity contribution < 1.29 is 4.79 Å². The van der Waals surface area contributed by atoms with Gasteiger partial charge in [0.1, 0.15) is 0 Å². The monoisotopic (exact) mass is 168 g/mol. The number of amides is 1. The molecule has 2 rings (SSSR count). The second-order valence-corrected chi connectivity index (χ2v) is 3.97. The number of carbonyl (C=O) groups is 1. The van der Waals surface area contributed by atoms with Gasteiger partial charge in [0.15, 0.2) is 0 Å². The summed E-state index contributed by atoms with van der Waals surface area (Å²) in [7, 11) is 0. The van der Waals surface area contributed by atoms with Crippen molar-refractivity contribution in [2.45, 2.75) is 38.8 Å². The third-order valence-electron chi connectivity index (χ3n) is 3.02. The van der Waals surface area contributed by atoms with E-state index in [-0.39, 0.29) is 11.9 Å². The zero-order valence-electron chi connectivity index (χ0n) is 7.71. The van der Waals surface area contributed by atoms with Crippen LogP contribution in [0.5, 0.6) is 0 Å². The van der Waals surface area contributed by atoms with Crippen LogP contribution in [0.15, 0.2) is 0 Å². The van der Waals surface area contributed by atoms with Crippen LogP contribution >= 0.6 is 0 Å². The van der Waals surface area contributed by atoms with Crippen molar-refractivity contribution in [2.75, 3.05) is 6.67 Å². The van der Waals surface area contributed by atoms with Gasteiger partial charge in [0, 0.05) is 6.04 Å². The van der Waals surface area contributed by atoms with Crippen molar-refractivity contribution in [3.63, 3.8) is 0 Å². The lowest BCUT2D eigenvalue weighted by atomic mass is 10.2. The Hall–Kier alpha value is -0.570. The first-order valence-electron chi connectivity index (χ1n) is 4.74. The molecule has 0 radical (unpaired) electrons. The summed E-state index contributed by atoms with van der Waals surface area (Å²) >= 11 is 0. The molecule has 68 valence electrons. The van der Waals surface area contributed by atoms with E-state index in [2.05, 4.69) is 12.2 Å². The first-order valence-corrected chi connectivity index (χ1v) is 4.74. The molecule has 2 fully saturated rings. The number of hydrogen-bond acceptors (Lipinski definition) is 2. The summed E-state index contributed by atoms with van der Waals surface area (Å²) in [6.07, 6.45) is 2.61. The maximum absolute atomic E-state index is 11.5. The Morgan fingerprint density at radius 1 is 1.58 bits per heavy atom. The van der Waals surface area contributed by atoms with Gasteiger partial charge in [-0.05, 0) is 32.6 Å². The van der Waals surface area contributed by atoms with Crippen LogP contribution in [0.4, 0.5) is 0 Å². The maximum atomic E-state index is 11.5. The van der Waals surface area contributed by atoms with E-state index in [1.165, 1.54) is 12.8 Å². The normalized spacial score (nSPS) is 32.7. The summed E-state index contributed by atoms with van der Waals surface area (Å²) in [4.78, 5) is 13.5. The average Bonchev–Trinajstić information content (AvgIpc) is 2.82. The Labute approximate surface area is 73.1 Å². The molecule has 2 atom stereocenters. The Morgan fingerprint density at radius 2 is 2.25 bits per heavy atom. The predicted octanol–water partition coefficient (Wildman–Crippen LogP) is 0.563. The van der Waals surface area contributed by atoms with E-state index in [4.69, 9.17) is 0 Å². The summed E-state index contributed by atoms with van der Waals surface area (Å²) in [5.41, 5.74) is 0. The summed E-state index contributed by atoms with van der Waals surface area (Å²) in [5, 5.41) is 3.16. The van der Waals surface area contributed by atoms with Crippen molar-refractivity contribution in [2.24, 2.45) is 5.92 Å². The van der Waals surface area contributed by atoms with E-state index in [1.54, 1.807) is 0 Å². The molecule has 1 aliphatic carbocycles. The Balaban J connectivity index is 1.99. The minimum atomic E-state index is 0.0335. The highest BCUT2D eigenvalue weighted by Crippen LogP contribution is 2.35. The first-order chi connectivity index (χ1) is 5.70. The minimum absolute atomic E-state index is 0.0335. The van der Waals surface area contributed by atoms with E-state index in [0.717, 1.165) is 12.6 Å². The highest BCUT2D eigenvalue weighted by molar-refractivity contribution is 5.83. The lowest BCUT2D eigenvalue weighted by molar-refractivity contribution is -0.130. The molecule has 1 N–H and O–H groups in total. The molecule has 2 aliphatic rings. The molecule has 3 heteroatoms. The summed E-state index contributed by atoms with van der Waals surface area (Å²) in [6, 6.07) is 0.487. The van der Waals surface area contributed by atoms with Crippen LogP contribution in [-0.2, 0) is 4.79 Å². The third-order valence-corrected chi connectivity index (χ3v) is 3.02. The quantitative estimate of drug-likeness (QED) is 0.653. The van der Waals surface area contributed by atoms with Crippen LogP contribution in [0.1, 0.15) is 26.7 Å². The van der Waals surface area contributed by atoms with E-state index in [0.29, 0.717) is 6.04 Å². The topological polar surface area (TPSA) is 32.3 Å². The van der Waals surface area contributed by atoms with Crippen LogP contribution in [0.2, 0.25) is 0 Å². The molecule has 2 unspecified atom stereocenters. The molecular formula is C9H16N2O. The molecule has 1 saturated carbocycles. The second kappa shape index (κ2) is 2.73. The Kier molecular flexibility index (Phi) is 1.83. The zero-order chi connectivity index (χ0) is 8.72. The van der Waals surface area contributed by atoms with Gasteiger partial charge >= 0.3 is 0 Å². The van der Waals surface area contributed by atoms with E-state index in [1.807, 2.05) is 11.8 Å². The molecule has 1 aliphatic heterocycles. The molecule has 1 amide bonds.